The molecular formula is C17H13BrN2O2S. The van der Waals surface area contributed by atoms with Gasteiger partial charge in [-0.3, -0.25) is 4.79 Å². The van der Waals surface area contributed by atoms with Crippen molar-refractivity contribution in [2.24, 2.45) is 0 Å². The molecule has 1 amide bonds. The third-order valence-corrected chi connectivity index (χ3v) is 5.35. The molecule has 2 aromatic heterocycles. The van der Waals surface area contributed by atoms with Crippen molar-refractivity contribution in [3.05, 3.63) is 63.8 Å². The second kappa shape index (κ2) is 5.62. The first-order valence-electron chi connectivity index (χ1n) is 7.24. The van der Waals surface area contributed by atoms with Gasteiger partial charge in [-0.25, -0.2) is 4.98 Å². The monoisotopic (exact) mass is 388 g/mol. The predicted molar refractivity (Wildman–Crippen MR) is 92.3 cm³/mol. The first-order chi connectivity index (χ1) is 11.2. The normalized spacial score (nSPS) is 15.3. The summed E-state index contributed by atoms with van der Waals surface area (Å²) in [5, 5.41) is 5.62. The quantitative estimate of drug-likeness (QED) is 0.711. The Balaban J connectivity index is 1.53. The number of nitrogens with zero attached hydrogens (tertiary/aromatic N) is 1. The predicted octanol–water partition coefficient (Wildman–Crippen LogP) is 4.58. The van der Waals surface area contributed by atoms with Crippen LogP contribution in [0.3, 0.4) is 0 Å². The zero-order chi connectivity index (χ0) is 15.9. The molecule has 0 bridgehead atoms. The number of benzene rings is 1. The van der Waals surface area contributed by atoms with Crippen LogP contribution in [-0.2, 0) is 5.54 Å². The van der Waals surface area contributed by atoms with Gasteiger partial charge in [-0.05, 0) is 42.7 Å². The molecule has 0 unspecified atom stereocenters. The van der Waals surface area contributed by atoms with Gasteiger partial charge < -0.3 is 9.73 Å². The van der Waals surface area contributed by atoms with Crippen LogP contribution in [0.1, 0.15) is 28.9 Å². The molecule has 0 radical (unpaired) electrons. The lowest BCUT2D eigenvalue weighted by Crippen LogP contribution is -2.35. The Morgan fingerprint density at radius 3 is 2.70 bits per heavy atom. The van der Waals surface area contributed by atoms with E-state index in [1.807, 2.05) is 36.4 Å². The van der Waals surface area contributed by atoms with Gasteiger partial charge in [0.05, 0.1) is 11.8 Å². The third-order valence-electron chi connectivity index (χ3n) is 3.97. The molecular weight excluding hydrogens is 376 g/mol. The average Bonchev–Trinajstić information content (AvgIpc) is 2.98. The van der Waals surface area contributed by atoms with Crippen molar-refractivity contribution in [1.82, 2.24) is 10.3 Å². The third kappa shape index (κ3) is 2.84. The molecule has 1 fully saturated rings. The molecule has 1 aromatic carbocycles. The molecule has 4 rings (SSSR count). The van der Waals surface area contributed by atoms with E-state index in [4.69, 9.17) is 4.42 Å². The van der Waals surface area contributed by atoms with Gasteiger partial charge >= 0.3 is 0 Å². The van der Waals surface area contributed by atoms with E-state index >= 15 is 0 Å². The van der Waals surface area contributed by atoms with E-state index in [2.05, 4.69) is 26.2 Å². The summed E-state index contributed by atoms with van der Waals surface area (Å²) in [7, 11) is 0. The minimum absolute atomic E-state index is 0.139. The Morgan fingerprint density at radius 2 is 2.04 bits per heavy atom. The van der Waals surface area contributed by atoms with Crippen molar-refractivity contribution < 1.29 is 9.21 Å². The smallest absolute Gasteiger partial charge is 0.271 e. The van der Waals surface area contributed by atoms with E-state index in [0.717, 1.165) is 22.9 Å². The van der Waals surface area contributed by atoms with Crippen LogP contribution >= 0.6 is 27.3 Å². The molecule has 1 saturated carbocycles. The van der Waals surface area contributed by atoms with Gasteiger partial charge in [0, 0.05) is 9.85 Å². The largest absolute Gasteiger partial charge is 0.462 e. The highest BCUT2D eigenvalue weighted by atomic mass is 79.9. The fourth-order valence-electron chi connectivity index (χ4n) is 2.55. The highest BCUT2D eigenvalue weighted by Crippen LogP contribution is 2.46. The maximum Gasteiger partial charge on any atom is 0.271 e. The molecule has 0 saturated heterocycles. The van der Waals surface area contributed by atoms with Crippen molar-refractivity contribution in [2.45, 2.75) is 18.4 Å². The van der Waals surface area contributed by atoms with Gasteiger partial charge in [0.1, 0.15) is 5.69 Å². The van der Waals surface area contributed by atoms with Crippen LogP contribution in [0.4, 0.5) is 0 Å². The molecule has 1 N–H and O–H groups in total. The van der Waals surface area contributed by atoms with Crippen LogP contribution in [0.15, 0.2) is 56.9 Å². The first kappa shape index (κ1) is 14.7. The van der Waals surface area contributed by atoms with E-state index in [0.29, 0.717) is 16.5 Å². The van der Waals surface area contributed by atoms with Crippen molar-refractivity contribution in [1.29, 1.82) is 0 Å². The van der Waals surface area contributed by atoms with Crippen LogP contribution < -0.4 is 5.32 Å². The lowest BCUT2D eigenvalue weighted by atomic mass is 10.1. The van der Waals surface area contributed by atoms with E-state index in [1.165, 1.54) is 11.3 Å². The number of furan rings is 1. The molecule has 3 aromatic rings. The number of hydrogen-bond acceptors (Lipinski definition) is 4. The van der Waals surface area contributed by atoms with Crippen LogP contribution in [0.25, 0.3) is 10.8 Å². The number of carbonyl (C=O) groups is 1. The minimum atomic E-state index is -0.244. The van der Waals surface area contributed by atoms with Crippen molar-refractivity contribution in [2.75, 3.05) is 0 Å². The number of nitrogens with one attached hydrogen (secondary N) is 1. The molecule has 6 heteroatoms. The minimum Gasteiger partial charge on any atom is -0.462 e. The van der Waals surface area contributed by atoms with Gasteiger partial charge in [0.25, 0.3) is 5.91 Å². The van der Waals surface area contributed by atoms with Crippen molar-refractivity contribution >= 4 is 33.2 Å². The van der Waals surface area contributed by atoms with Crippen LogP contribution in [0.2, 0.25) is 0 Å². The SMILES string of the molecule is O=C(NC1(c2ccc(Br)cc2)CC1)c1csc(-c2ccco2)n1. The average molecular weight is 389 g/mol. The fourth-order valence-corrected chi connectivity index (χ4v) is 3.58. The Labute approximate surface area is 145 Å². The van der Waals surface area contributed by atoms with Gasteiger partial charge in [-0.15, -0.1) is 11.3 Å². The van der Waals surface area contributed by atoms with Gasteiger partial charge in [0.2, 0.25) is 0 Å². The number of carbonyl (C=O) groups excluding carboxylic acids is 1. The van der Waals surface area contributed by atoms with Crippen molar-refractivity contribution in [3.8, 4) is 10.8 Å². The molecule has 116 valence electrons. The molecule has 0 atom stereocenters. The van der Waals surface area contributed by atoms with Gasteiger partial charge in [-0.1, -0.05) is 28.1 Å². The zero-order valence-corrected chi connectivity index (χ0v) is 14.5. The van der Waals surface area contributed by atoms with Gasteiger partial charge in [0.15, 0.2) is 10.8 Å². The lowest BCUT2D eigenvalue weighted by Gasteiger charge is -2.17. The van der Waals surface area contributed by atoms with Crippen molar-refractivity contribution in [3.63, 3.8) is 0 Å². The topological polar surface area (TPSA) is 55.1 Å². The van der Waals surface area contributed by atoms with E-state index < -0.39 is 0 Å². The molecule has 1 aliphatic rings. The number of rotatable bonds is 4. The van der Waals surface area contributed by atoms with E-state index in [9.17, 15) is 4.79 Å². The number of aromatic nitrogens is 1. The Bertz CT molecular complexity index is 836. The zero-order valence-electron chi connectivity index (χ0n) is 12.1. The van der Waals surface area contributed by atoms with Gasteiger partial charge in [-0.2, -0.15) is 0 Å². The maximum absolute atomic E-state index is 12.5. The molecule has 0 spiro atoms. The number of thiazole rings is 1. The summed E-state index contributed by atoms with van der Waals surface area (Å²) in [6, 6.07) is 11.7. The summed E-state index contributed by atoms with van der Waals surface area (Å²) < 4.78 is 6.35. The highest BCUT2D eigenvalue weighted by Gasteiger charge is 2.45. The highest BCUT2D eigenvalue weighted by molar-refractivity contribution is 9.10. The molecule has 23 heavy (non-hydrogen) atoms. The summed E-state index contributed by atoms with van der Waals surface area (Å²) in [5.74, 6) is 0.544. The Morgan fingerprint density at radius 1 is 1.26 bits per heavy atom. The molecule has 0 aliphatic heterocycles. The second-order valence-corrected chi connectivity index (χ2v) is 7.33. The van der Waals surface area contributed by atoms with E-state index in [1.54, 1.807) is 11.6 Å². The number of amides is 1. The maximum atomic E-state index is 12.5. The fraction of sp³-hybridized carbons (Fsp3) is 0.176. The number of halogens is 1. The summed E-state index contributed by atoms with van der Waals surface area (Å²) in [6.45, 7) is 0. The molecule has 2 heterocycles. The van der Waals surface area contributed by atoms with Crippen LogP contribution in [0.5, 0.6) is 0 Å². The van der Waals surface area contributed by atoms with E-state index in [-0.39, 0.29) is 11.4 Å². The Kier molecular flexibility index (Phi) is 3.58. The lowest BCUT2D eigenvalue weighted by molar-refractivity contribution is 0.0926. The number of hydrogen-bond donors (Lipinski definition) is 1. The first-order valence-corrected chi connectivity index (χ1v) is 8.92. The summed E-state index contributed by atoms with van der Waals surface area (Å²) in [4.78, 5) is 16.9. The Hall–Kier alpha value is -1.92. The van der Waals surface area contributed by atoms with Crippen LogP contribution in [0, 0.1) is 0 Å². The second-order valence-electron chi connectivity index (χ2n) is 5.56. The summed E-state index contributed by atoms with van der Waals surface area (Å²) in [6.07, 6.45) is 3.51. The molecule has 4 nitrogen and oxygen atoms in total. The summed E-state index contributed by atoms with van der Waals surface area (Å²) in [5.41, 5.74) is 1.33. The summed E-state index contributed by atoms with van der Waals surface area (Å²) >= 11 is 4.84. The standard InChI is InChI=1S/C17H13BrN2O2S/c18-12-5-3-11(4-6-12)17(7-8-17)20-15(21)13-10-23-16(19-13)14-2-1-9-22-14/h1-6,9-10H,7-8H2,(H,20,21). The van der Waals surface area contributed by atoms with Crippen LogP contribution in [-0.4, -0.2) is 10.9 Å². The molecule has 1 aliphatic carbocycles.